The van der Waals surface area contributed by atoms with Gasteiger partial charge in [0.2, 0.25) is 0 Å². The van der Waals surface area contributed by atoms with Gasteiger partial charge in [-0.1, -0.05) is 0 Å². The van der Waals surface area contributed by atoms with E-state index in [4.69, 9.17) is 10.5 Å². The summed E-state index contributed by atoms with van der Waals surface area (Å²) in [6.45, 7) is 1.88. The van der Waals surface area contributed by atoms with Gasteiger partial charge >= 0.3 is 6.01 Å². The number of anilines is 2. The number of nitrogens with one attached hydrogen (secondary N) is 1. The van der Waals surface area contributed by atoms with Gasteiger partial charge in [0.25, 0.3) is 0 Å². The Labute approximate surface area is 245 Å². The summed E-state index contributed by atoms with van der Waals surface area (Å²) >= 11 is 0.731. The fourth-order valence-electron chi connectivity index (χ4n) is 5.93. The smallest absolute Gasteiger partial charge is 0.319 e. The predicted molar refractivity (Wildman–Crippen MR) is 157 cm³/mol. The Balaban J connectivity index is 1.48. The molecule has 3 aromatic heterocycles. The summed E-state index contributed by atoms with van der Waals surface area (Å²) in [5.74, 6) is -2.85. The molecular weight excluding hydrogens is 565 g/mol. The van der Waals surface area contributed by atoms with E-state index in [1.165, 1.54) is 6.20 Å². The van der Waals surface area contributed by atoms with Gasteiger partial charge in [-0.15, -0.1) is 11.3 Å². The van der Waals surface area contributed by atoms with Gasteiger partial charge < -0.3 is 25.6 Å². The Morgan fingerprint density at radius 2 is 2.02 bits per heavy atom. The number of benzene rings is 1. The van der Waals surface area contributed by atoms with E-state index in [2.05, 4.69) is 30.1 Å². The van der Waals surface area contributed by atoms with Gasteiger partial charge in [-0.25, -0.2) is 13.2 Å². The molecule has 4 heterocycles. The number of likely N-dealkylation sites (N-methyl/N-ethyl adjacent to an activating group) is 2. The summed E-state index contributed by atoms with van der Waals surface area (Å²) < 4.78 is 51.7. The average Bonchev–Trinajstić information content (AvgIpc) is 3.51. The molecule has 1 atom stereocenters. The van der Waals surface area contributed by atoms with E-state index in [1.54, 1.807) is 0 Å². The zero-order valence-electron chi connectivity index (χ0n) is 23.6. The van der Waals surface area contributed by atoms with Crippen LogP contribution in [0.5, 0.6) is 6.01 Å². The quantitative estimate of drug-likeness (QED) is 0.285. The summed E-state index contributed by atoms with van der Waals surface area (Å²) in [6.07, 6.45) is 6.59. The van der Waals surface area contributed by atoms with Crippen LogP contribution in [0.1, 0.15) is 37.7 Å². The van der Waals surface area contributed by atoms with Crippen molar-refractivity contribution in [1.29, 1.82) is 5.26 Å². The second kappa shape index (κ2) is 10.8. The topological polar surface area (TPSA) is 116 Å². The van der Waals surface area contributed by atoms with Gasteiger partial charge in [-0.05, 0) is 65.9 Å². The minimum absolute atomic E-state index is 0.00166. The van der Waals surface area contributed by atoms with Crippen LogP contribution in [0.2, 0.25) is 0 Å². The second-order valence-electron chi connectivity index (χ2n) is 11.3. The fraction of sp³-hybridized carbons (Fsp3) is 0.448. The van der Waals surface area contributed by atoms with E-state index >= 15 is 4.39 Å². The van der Waals surface area contributed by atoms with Crippen molar-refractivity contribution in [3.05, 3.63) is 35.3 Å². The van der Waals surface area contributed by atoms with Crippen molar-refractivity contribution in [3.8, 4) is 23.3 Å². The fourth-order valence-corrected chi connectivity index (χ4v) is 6.90. The number of nitrogens with two attached hydrogens (primary N) is 1. The Bertz CT molecular complexity index is 1730. The third-order valence-electron chi connectivity index (χ3n) is 8.81. The Morgan fingerprint density at radius 1 is 1.24 bits per heavy atom. The summed E-state index contributed by atoms with van der Waals surface area (Å²) in [7, 11) is 6.10. The first-order valence-corrected chi connectivity index (χ1v) is 14.7. The molecule has 42 heavy (non-hydrogen) atoms. The van der Waals surface area contributed by atoms with Gasteiger partial charge in [-0.3, -0.25) is 4.98 Å². The third-order valence-corrected chi connectivity index (χ3v) is 9.82. The first-order chi connectivity index (χ1) is 20.1. The van der Waals surface area contributed by atoms with Crippen molar-refractivity contribution in [2.75, 3.05) is 51.9 Å². The third kappa shape index (κ3) is 4.67. The molecule has 13 heteroatoms. The van der Waals surface area contributed by atoms with Gasteiger partial charge in [-0.2, -0.15) is 15.2 Å². The molecule has 1 aliphatic heterocycles. The van der Waals surface area contributed by atoms with E-state index in [1.807, 2.05) is 27.2 Å². The maximum Gasteiger partial charge on any atom is 0.319 e. The van der Waals surface area contributed by atoms with Crippen LogP contribution in [-0.2, 0) is 0 Å². The lowest BCUT2D eigenvalue weighted by molar-refractivity contribution is 0.0738. The zero-order chi connectivity index (χ0) is 29.8. The summed E-state index contributed by atoms with van der Waals surface area (Å²) in [5.41, 5.74) is 5.37. The van der Waals surface area contributed by atoms with Crippen LogP contribution in [0.25, 0.3) is 32.2 Å². The molecule has 1 saturated heterocycles. The van der Waals surface area contributed by atoms with Gasteiger partial charge in [0.1, 0.15) is 34.7 Å². The predicted octanol–water partition coefficient (Wildman–Crippen LogP) is 5.15. The van der Waals surface area contributed by atoms with Gasteiger partial charge in [0.15, 0.2) is 17.5 Å². The molecule has 0 amide bonds. The number of nitrogens with zero attached hydrogens (tertiary/aromatic N) is 6. The van der Waals surface area contributed by atoms with Crippen molar-refractivity contribution in [3.63, 3.8) is 0 Å². The van der Waals surface area contributed by atoms with Crippen molar-refractivity contribution in [2.45, 2.75) is 43.7 Å². The van der Waals surface area contributed by atoms with E-state index in [0.29, 0.717) is 24.4 Å². The largest absolute Gasteiger partial charge is 0.462 e. The lowest BCUT2D eigenvalue weighted by Gasteiger charge is -2.47. The number of fused-ring (bicyclic) bond motifs is 2. The number of aromatic nitrogens is 3. The normalized spacial score (nSPS) is 18.5. The Kier molecular flexibility index (Phi) is 7.32. The molecule has 4 aromatic rings. The van der Waals surface area contributed by atoms with Crippen LogP contribution in [0.4, 0.5) is 24.0 Å². The Hall–Kier alpha value is -3.73. The van der Waals surface area contributed by atoms with Crippen LogP contribution >= 0.6 is 11.3 Å². The average molecular weight is 597 g/mol. The number of thiophene rings is 1. The number of nitriles is 1. The molecule has 0 radical (unpaired) electrons. The van der Waals surface area contributed by atoms with Crippen molar-refractivity contribution < 1.29 is 17.9 Å². The second-order valence-corrected chi connectivity index (χ2v) is 12.4. The van der Waals surface area contributed by atoms with Crippen molar-refractivity contribution >= 4 is 43.1 Å². The maximum atomic E-state index is 16.4. The molecule has 3 N–H and O–H groups in total. The lowest BCUT2D eigenvalue weighted by atomic mass is 9.75. The molecule has 220 valence electrons. The first kappa shape index (κ1) is 28.4. The number of pyridine rings is 1. The van der Waals surface area contributed by atoms with Crippen LogP contribution in [0.3, 0.4) is 0 Å². The number of halogens is 3. The highest BCUT2D eigenvalue weighted by molar-refractivity contribution is 7.23. The van der Waals surface area contributed by atoms with Gasteiger partial charge in [0.05, 0.1) is 15.6 Å². The van der Waals surface area contributed by atoms with E-state index in [-0.39, 0.29) is 55.0 Å². The highest BCUT2D eigenvalue weighted by Crippen LogP contribution is 2.43. The van der Waals surface area contributed by atoms with Crippen LogP contribution in [0.15, 0.2) is 12.3 Å². The van der Waals surface area contributed by atoms with E-state index in [9.17, 15) is 14.0 Å². The summed E-state index contributed by atoms with van der Waals surface area (Å²) in [6, 6.07) is 2.96. The number of hydrogen-bond acceptors (Lipinski definition) is 10. The molecule has 1 aliphatic carbocycles. The molecule has 9 nitrogen and oxygen atoms in total. The zero-order valence-corrected chi connectivity index (χ0v) is 24.4. The Morgan fingerprint density at radius 3 is 2.67 bits per heavy atom. The van der Waals surface area contributed by atoms with E-state index in [0.717, 1.165) is 56.1 Å². The van der Waals surface area contributed by atoms with Gasteiger partial charge in [0, 0.05) is 35.3 Å². The highest BCUT2D eigenvalue weighted by Gasteiger charge is 2.39. The molecule has 1 saturated carbocycles. The molecular formula is C29H31F3N8OS. The lowest BCUT2D eigenvalue weighted by Crippen LogP contribution is -2.54. The summed E-state index contributed by atoms with van der Waals surface area (Å²) in [5, 5.41) is 13.4. The molecule has 1 aromatic carbocycles. The standard InChI is InChI=1S/C29H31F3N8OS/c1-39(2)29(7-5-8-29)14-36-27-18-12-35-23(16-10-19(30)21(31)25-20(16)17(11-33)26(34)42-25)22(32)24(18)37-28(38-27)41-13-15-6-4-9-40(15)3/h10,12,15H,4-9,13-14,34H2,1-3H3,(H,36,37,38). The van der Waals surface area contributed by atoms with Crippen LogP contribution in [-0.4, -0.2) is 77.2 Å². The monoisotopic (exact) mass is 596 g/mol. The van der Waals surface area contributed by atoms with Crippen LogP contribution in [0, 0.1) is 28.8 Å². The molecule has 1 unspecified atom stereocenters. The molecule has 2 aliphatic rings. The summed E-state index contributed by atoms with van der Waals surface area (Å²) in [4.78, 5) is 17.7. The number of hydrogen-bond donors (Lipinski definition) is 2. The molecule has 6 rings (SSSR count). The van der Waals surface area contributed by atoms with Crippen molar-refractivity contribution in [2.24, 2.45) is 0 Å². The number of likely N-dealkylation sites (tertiary alicyclic amines) is 1. The van der Waals surface area contributed by atoms with Crippen LogP contribution < -0.4 is 15.8 Å². The minimum Gasteiger partial charge on any atom is -0.462 e. The highest BCUT2D eigenvalue weighted by atomic mass is 32.1. The minimum atomic E-state index is -1.20. The molecule has 2 fully saturated rings. The molecule has 0 spiro atoms. The molecule has 0 bridgehead atoms. The first-order valence-electron chi connectivity index (χ1n) is 13.8. The number of nitrogen functional groups attached to an aromatic ring is 1. The maximum absolute atomic E-state index is 16.4. The van der Waals surface area contributed by atoms with Crippen molar-refractivity contribution in [1.82, 2.24) is 24.8 Å². The SMILES string of the molecule is CN1CCCC1COc1nc(NCC2(N(C)C)CCC2)c2cnc(-c3cc(F)c(F)c4sc(N)c(C#N)c34)c(F)c2n1. The number of rotatable bonds is 8. The van der Waals surface area contributed by atoms with E-state index < -0.39 is 17.5 Å². The number of ether oxygens (including phenoxy) is 1.